The van der Waals surface area contributed by atoms with Crippen molar-refractivity contribution in [1.82, 2.24) is 15.3 Å². The van der Waals surface area contributed by atoms with Gasteiger partial charge in [-0.1, -0.05) is 6.07 Å². The second kappa shape index (κ2) is 7.39. The van der Waals surface area contributed by atoms with Crippen LogP contribution in [0.5, 0.6) is 0 Å². The van der Waals surface area contributed by atoms with Crippen LogP contribution in [0.2, 0.25) is 0 Å². The first-order valence-electron chi connectivity index (χ1n) is 6.78. The van der Waals surface area contributed by atoms with Crippen molar-refractivity contribution in [2.75, 3.05) is 18.4 Å². The fourth-order valence-corrected chi connectivity index (χ4v) is 1.68. The number of anilines is 1. The van der Waals surface area contributed by atoms with Gasteiger partial charge in [0.2, 0.25) is 5.89 Å². The van der Waals surface area contributed by atoms with Crippen LogP contribution in [-0.2, 0) is 6.54 Å². The Hall–Kier alpha value is -2.41. The van der Waals surface area contributed by atoms with Crippen molar-refractivity contribution >= 4 is 11.7 Å². The highest BCUT2D eigenvalue weighted by atomic mass is 16.3. The first kappa shape index (κ1) is 15.0. The molecule has 0 unspecified atom stereocenters. The normalized spacial score (nSPS) is 10.4. The van der Waals surface area contributed by atoms with Crippen LogP contribution in [-0.4, -0.2) is 29.0 Å². The van der Waals surface area contributed by atoms with Crippen LogP contribution >= 0.6 is 0 Å². The highest BCUT2D eigenvalue weighted by Crippen LogP contribution is 2.03. The third-order valence-corrected chi connectivity index (χ3v) is 2.82. The maximum atomic E-state index is 11.7. The van der Waals surface area contributed by atoms with Gasteiger partial charge in [0, 0.05) is 19.3 Å². The zero-order chi connectivity index (χ0) is 15.1. The van der Waals surface area contributed by atoms with Gasteiger partial charge in [0.15, 0.2) is 5.69 Å². The first-order chi connectivity index (χ1) is 10.2. The number of pyridine rings is 1. The Morgan fingerprint density at radius 1 is 1.38 bits per heavy atom. The average molecular weight is 289 g/mol. The van der Waals surface area contributed by atoms with Gasteiger partial charge in [-0.15, -0.1) is 0 Å². The Morgan fingerprint density at radius 2 is 2.24 bits per heavy atom. The monoisotopic (exact) mass is 289 g/mol. The molecule has 2 aromatic rings. The number of nitrogens with two attached hydrogens (primary N) is 1. The van der Waals surface area contributed by atoms with Gasteiger partial charge in [0.05, 0.1) is 6.54 Å². The number of hydrogen-bond donors (Lipinski definition) is 3. The van der Waals surface area contributed by atoms with Gasteiger partial charge in [-0.3, -0.25) is 4.79 Å². The largest absolute Gasteiger partial charge is 0.447 e. The molecular weight excluding hydrogens is 270 g/mol. The molecule has 112 valence electrons. The van der Waals surface area contributed by atoms with E-state index in [1.807, 2.05) is 25.3 Å². The van der Waals surface area contributed by atoms with Crippen molar-refractivity contribution < 1.29 is 9.21 Å². The van der Waals surface area contributed by atoms with Crippen LogP contribution in [0, 0.1) is 6.92 Å². The summed E-state index contributed by atoms with van der Waals surface area (Å²) in [5.41, 5.74) is 6.74. The van der Waals surface area contributed by atoms with E-state index in [1.165, 1.54) is 6.26 Å². The lowest BCUT2D eigenvalue weighted by Gasteiger charge is -2.06. The molecule has 7 nitrogen and oxygen atoms in total. The van der Waals surface area contributed by atoms with Crippen molar-refractivity contribution in [3.63, 3.8) is 0 Å². The van der Waals surface area contributed by atoms with Gasteiger partial charge < -0.3 is 20.8 Å². The first-order valence-corrected chi connectivity index (χ1v) is 6.78. The van der Waals surface area contributed by atoms with Gasteiger partial charge in [-0.25, -0.2) is 9.97 Å². The number of oxazole rings is 1. The molecule has 7 heteroatoms. The fourth-order valence-electron chi connectivity index (χ4n) is 1.68. The van der Waals surface area contributed by atoms with E-state index < -0.39 is 0 Å². The number of aryl methyl sites for hydroxylation is 1. The van der Waals surface area contributed by atoms with Crippen LogP contribution in [0.4, 0.5) is 5.82 Å². The molecule has 0 radical (unpaired) electrons. The molecule has 0 fully saturated rings. The second-order valence-electron chi connectivity index (χ2n) is 4.59. The van der Waals surface area contributed by atoms with E-state index in [0.717, 1.165) is 24.3 Å². The van der Waals surface area contributed by atoms with E-state index in [0.29, 0.717) is 12.4 Å². The van der Waals surface area contributed by atoms with Crippen LogP contribution in [0.15, 0.2) is 29.0 Å². The SMILES string of the molecule is Cc1ccc(NCCCNC(=O)c2coc(CN)n2)nc1. The number of aromatic nitrogens is 2. The second-order valence-corrected chi connectivity index (χ2v) is 4.59. The van der Waals surface area contributed by atoms with Crippen molar-refractivity contribution in [1.29, 1.82) is 0 Å². The number of carbonyl (C=O) groups excluding carboxylic acids is 1. The lowest BCUT2D eigenvalue weighted by atomic mass is 10.3. The third-order valence-electron chi connectivity index (χ3n) is 2.82. The van der Waals surface area contributed by atoms with Gasteiger partial charge in [-0.2, -0.15) is 0 Å². The molecule has 0 spiro atoms. The van der Waals surface area contributed by atoms with Crippen molar-refractivity contribution in [3.8, 4) is 0 Å². The molecular formula is C14H19N5O2. The summed E-state index contributed by atoms with van der Waals surface area (Å²) >= 11 is 0. The molecule has 0 saturated carbocycles. The predicted molar refractivity (Wildman–Crippen MR) is 78.8 cm³/mol. The van der Waals surface area contributed by atoms with E-state index in [1.54, 1.807) is 0 Å². The summed E-state index contributed by atoms with van der Waals surface area (Å²) < 4.78 is 5.01. The van der Waals surface area contributed by atoms with E-state index in [4.69, 9.17) is 10.2 Å². The summed E-state index contributed by atoms with van der Waals surface area (Å²) in [5, 5.41) is 5.95. The number of carbonyl (C=O) groups is 1. The fraction of sp³-hybridized carbons (Fsp3) is 0.357. The Labute approximate surface area is 123 Å². The van der Waals surface area contributed by atoms with Crippen LogP contribution < -0.4 is 16.4 Å². The highest BCUT2D eigenvalue weighted by Gasteiger charge is 2.10. The summed E-state index contributed by atoms with van der Waals surface area (Å²) in [6, 6.07) is 3.92. The minimum atomic E-state index is -0.257. The molecule has 0 aliphatic rings. The number of amides is 1. The zero-order valence-corrected chi connectivity index (χ0v) is 11.9. The van der Waals surface area contributed by atoms with Gasteiger partial charge >= 0.3 is 0 Å². The summed E-state index contributed by atoms with van der Waals surface area (Å²) in [6.07, 6.45) is 3.90. The molecule has 2 aromatic heterocycles. The molecule has 2 heterocycles. The molecule has 0 aliphatic heterocycles. The lowest BCUT2D eigenvalue weighted by Crippen LogP contribution is -2.26. The van der Waals surface area contributed by atoms with Crippen LogP contribution in [0.1, 0.15) is 28.4 Å². The number of nitrogens with one attached hydrogen (secondary N) is 2. The maximum Gasteiger partial charge on any atom is 0.273 e. The number of rotatable bonds is 7. The van der Waals surface area contributed by atoms with Crippen LogP contribution in [0.25, 0.3) is 0 Å². The molecule has 0 bridgehead atoms. The Kier molecular flexibility index (Phi) is 5.28. The smallest absolute Gasteiger partial charge is 0.273 e. The molecule has 0 atom stereocenters. The van der Waals surface area contributed by atoms with E-state index >= 15 is 0 Å². The Morgan fingerprint density at radius 3 is 2.90 bits per heavy atom. The van der Waals surface area contributed by atoms with Gasteiger partial charge in [-0.05, 0) is 25.0 Å². The van der Waals surface area contributed by atoms with E-state index in [9.17, 15) is 4.79 Å². The summed E-state index contributed by atoms with van der Waals surface area (Å²) in [7, 11) is 0. The summed E-state index contributed by atoms with van der Waals surface area (Å²) in [5.74, 6) is 0.926. The van der Waals surface area contributed by atoms with Crippen molar-refractivity contribution in [2.45, 2.75) is 19.9 Å². The van der Waals surface area contributed by atoms with Crippen molar-refractivity contribution in [2.24, 2.45) is 5.73 Å². The van der Waals surface area contributed by atoms with Gasteiger partial charge in [0.25, 0.3) is 5.91 Å². The highest BCUT2D eigenvalue weighted by molar-refractivity contribution is 5.91. The molecule has 2 rings (SSSR count). The predicted octanol–water partition coefficient (Wildman–Crippen LogP) is 1.07. The Balaban J connectivity index is 1.65. The molecule has 0 aliphatic carbocycles. The molecule has 4 N–H and O–H groups in total. The zero-order valence-electron chi connectivity index (χ0n) is 11.9. The quantitative estimate of drug-likeness (QED) is 0.658. The molecule has 1 amide bonds. The maximum absolute atomic E-state index is 11.7. The number of nitrogens with zero attached hydrogens (tertiary/aromatic N) is 2. The van der Waals surface area contributed by atoms with E-state index in [-0.39, 0.29) is 18.1 Å². The number of hydrogen-bond acceptors (Lipinski definition) is 6. The van der Waals surface area contributed by atoms with Crippen LogP contribution in [0.3, 0.4) is 0 Å². The molecule has 0 saturated heterocycles. The standard InChI is InChI=1S/C14H19N5O2/c1-10-3-4-12(18-8-10)16-5-2-6-17-14(20)11-9-21-13(7-15)19-11/h3-4,8-9H,2,5-7,15H2,1H3,(H,16,18)(H,17,20). The summed E-state index contributed by atoms with van der Waals surface area (Å²) in [6.45, 7) is 3.44. The molecule has 0 aromatic carbocycles. The lowest BCUT2D eigenvalue weighted by molar-refractivity contribution is 0.0948. The average Bonchev–Trinajstić information content (AvgIpc) is 2.98. The third kappa shape index (κ3) is 4.57. The molecule has 21 heavy (non-hydrogen) atoms. The minimum absolute atomic E-state index is 0.181. The van der Waals surface area contributed by atoms with E-state index in [2.05, 4.69) is 20.6 Å². The Bertz CT molecular complexity index is 579. The minimum Gasteiger partial charge on any atom is -0.447 e. The van der Waals surface area contributed by atoms with Gasteiger partial charge in [0.1, 0.15) is 12.1 Å². The van der Waals surface area contributed by atoms with Crippen molar-refractivity contribution in [3.05, 3.63) is 41.7 Å². The topological polar surface area (TPSA) is 106 Å². The summed E-state index contributed by atoms with van der Waals surface area (Å²) in [4.78, 5) is 19.9.